The van der Waals surface area contributed by atoms with E-state index in [0.717, 1.165) is 16.8 Å². The molecule has 0 aliphatic rings. The van der Waals surface area contributed by atoms with Crippen LogP contribution in [0.15, 0.2) is 48.7 Å². The van der Waals surface area contributed by atoms with Gasteiger partial charge in [-0.3, -0.25) is 0 Å². The minimum atomic E-state index is -4.68. The van der Waals surface area contributed by atoms with E-state index in [4.69, 9.17) is 5.11 Å². The SMILES string of the molecule is O=C(O)c1ccn(-c2nc(-c3ccccc3)cc(C(F)(F)F)n2)n1. The molecule has 3 rings (SSSR count). The first-order valence-corrected chi connectivity index (χ1v) is 6.65. The van der Waals surface area contributed by atoms with Gasteiger partial charge in [-0.05, 0) is 12.1 Å². The molecule has 0 spiro atoms. The molecule has 0 radical (unpaired) electrons. The zero-order valence-electron chi connectivity index (χ0n) is 11.9. The average Bonchev–Trinajstić information content (AvgIpc) is 3.05. The highest BCUT2D eigenvalue weighted by Gasteiger charge is 2.34. The van der Waals surface area contributed by atoms with Crippen molar-refractivity contribution >= 4 is 5.97 Å². The Morgan fingerprint density at radius 2 is 1.79 bits per heavy atom. The zero-order valence-corrected chi connectivity index (χ0v) is 11.9. The van der Waals surface area contributed by atoms with E-state index in [2.05, 4.69) is 15.1 Å². The maximum Gasteiger partial charge on any atom is 0.433 e. The van der Waals surface area contributed by atoms with E-state index in [1.807, 2.05) is 0 Å². The van der Waals surface area contributed by atoms with Crippen LogP contribution in [-0.4, -0.2) is 30.8 Å². The van der Waals surface area contributed by atoms with Crippen LogP contribution in [0.4, 0.5) is 13.2 Å². The molecule has 0 aliphatic carbocycles. The number of aromatic carboxylic acids is 1. The zero-order chi connectivity index (χ0) is 17.3. The molecule has 0 saturated carbocycles. The molecule has 0 bridgehead atoms. The summed E-state index contributed by atoms with van der Waals surface area (Å²) in [5.74, 6) is -1.67. The number of aromatic nitrogens is 4. The summed E-state index contributed by atoms with van der Waals surface area (Å²) in [4.78, 5) is 18.4. The molecule has 0 atom stereocenters. The van der Waals surface area contributed by atoms with Crippen LogP contribution in [0.5, 0.6) is 0 Å². The van der Waals surface area contributed by atoms with Crippen molar-refractivity contribution in [1.29, 1.82) is 0 Å². The molecule has 0 saturated heterocycles. The van der Waals surface area contributed by atoms with Gasteiger partial charge in [0, 0.05) is 11.8 Å². The lowest BCUT2D eigenvalue weighted by atomic mass is 10.1. The van der Waals surface area contributed by atoms with Crippen LogP contribution in [0.25, 0.3) is 17.2 Å². The number of benzene rings is 1. The van der Waals surface area contributed by atoms with Crippen molar-refractivity contribution < 1.29 is 23.1 Å². The minimum Gasteiger partial charge on any atom is -0.476 e. The molecular weight excluding hydrogens is 325 g/mol. The van der Waals surface area contributed by atoms with Gasteiger partial charge in [-0.2, -0.15) is 18.3 Å². The third-order valence-corrected chi connectivity index (χ3v) is 3.09. The van der Waals surface area contributed by atoms with Crippen LogP contribution in [0.1, 0.15) is 16.2 Å². The fraction of sp³-hybridized carbons (Fsp3) is 0.0667. The smallest absolute Gasteiger partial charge is 0.433 e. The first-order valence-electron chi connectivity index (χ1n) is 6.65. The van der Waals surface area contributed by atoms with E-state index in [0.29, 0.717) is 5.56 Å². The van der Waals surface area contributed by atoms with Gasteiger partial charge in [0.15, 0.2) is 11.4 Å². The summed E-state index contributed by atoms with van der Waals surface area (Å²) in [6.45, 7) is 0. The summed E-state index contributed by atoms with van der Waals surface area (Å²) in [5.41, 5.74) is -0.937. The van der Waals surface area contributed by atoms with Crippen LogP contribution in [0, 0.1) is 0 Å². The van der Waals surface area contributed by atoms with Gasteiger partial charge in [0.05, 0.1) is 5.69 Å². The van der Waals surface area contributed by atoms with Gasteiger partial charge in [0.2, 0.25) is 0 Å². The molecule has 0 aliphatic heterocycles. The second kappa shape index (κ2) is 5.76. The lowest BCUT2D eigenvalue weighted by Gasteiger charge is -2.10. The van der Waals surface area contributed by atoms with Crippen molar-refractivity contribution in [1.82, 2.24) is 19.7 Å². The average molecular weight is 334 g/mol. The molecule has 6 nitrogen and oxygen atoms in total. The number of carboxylic acid groups (broad SMARTS) is 1. The van der Waals surface area contributed by atoms with Crippen molar-refractivity contribution in [3.05, 3.63) is 60.0 Å². The lowest BCUT2D eigenvalue weighted by molar-refractivity contribution is -0.141. The summed E-state index contributed by atoms with van der Waals surface area (Å²) in [6, 6.07) is 10.3. The van der Waals surface area contributed by atoms with Gasteiger partial charge in [0.1, 0.15) is 0 Å². The maximum atomic E-state index is 13.1. The Kier molecular flexibility index (Phi) is 3.76. The summed E-state index contributed by atoms with van der Waals surface area (Å²) in [6.07, 6.45) is -3.49. The first-order chi connectivity index (χ1) is 11.3. The van der Waals surface area contributed by atoms with E-state index in [-0.39, 0.29) is 17.3 Å². The maximum absolute atomic E-state index is 13.1. The van der Waals surface area contributed by atoms with Gasteiger partial charge < -0.3 is 5.11 Å². The van der Waals surface area contributed by atoms with Gasteiger partial charge in [0.25, 0.3) is 5.95 Å². The Morgan fingerprint density at radius 1 is 1.08 bits per heavy atom. The lowest BCUT2D eigenvalue weighted by Crippen LogP contribution is -2.13. The Hall–Kier alpha value is -3.23. The molecule has 0 unspecified atom stereocenters. The van der Waals surface area contributed by atoms with Crippen molar-refractivity contribution in [2.75, 3.05) is 0 Å². The van der Waals surface area contributed by atoms with Crippen molar-refractivity contribution in [3.63, 3.8) is 0 Å². The number of carbonyl (C=O) groups is 1. The Balaban J connectivity index is 2.16. The summed E-state index contributed by atoms with van der Waals surface area (Å²) >= 11 is 0. The van der Waals surface area contributed by atoms with E-state index in [9.17, 15) is 18.0 Å². The monoisotopic (exact) mass is 334 g/mol. The van der Waals surface area contributed by atoms with E-state index >= 15 is 0 Å². The Bertz CT molecular complexity index is 891. The molecule has 0 amide bonds. The molecule has 2 heterocycles. The molecule has 0 fully saturated rings. The standard InChI is InChI=1S/C15H9F3N4O2/c16-15(17,18)12-8-11(9-4-2-1-3-5-9)19-14(20-12)22-7-6-10(21-22)13(23)24/h1-8H,(H,23,24). The van der Waals surface area contributed by atoms with Crippen molar-refractivity contribution in [3.8, 4) is 17.2 Å². The van der Waals surface area contributed by atoms with Crippen LogP contribution < -0.4 is 0 Å². The minimum absolute atomic E-state index is 0.0558. The summed E-state index contributed by atoms with van der Waals surface area (Å²) < 4.78 is 40.2. The number of hydrogen-bond donors (Lipinski definition) is 1. The summed E-state index contributed by atoms with van der Waals surface area (Å²) in [7, 11) is 0. The highest BCUT2D eigenvalue weighted by Crippen LogP contribution is 2.30. The predicted molar refractivity (Wildman–Crippen MR) is 76.6 cm³/mol. The normalized spacial score (nSPS) is 11.5. The van der Waals surface area contributed by atoms with Gasteiger partial charge in [-0.1, -0.05) is 30.3 Å². The largest absolute Gasteiger partial charge is 0.476 e. The van der Waals surface area contributed by atoms with Crippen molar-refractivity contribution in [2.24, 2.45) is 0 Å². The highest BCUT2D eigenvalue weighted by molar-refractivity contribution is 5.85. The number of alkyl halides is 3. The third-order valence-electron chi connectivity index (χ3n) is 3.09. The van der Waals surface area contributed by atoms with Crippen LogP contribution >= 0.6 is 0 Å². The molecule has 2 aromatic heterocycles. The van der Waals surface area contributed by atoms with E-state index < -0.39 is 17.8 Å². The van der Waals surface area contributed by atoms with E-state index in [1.165, 1.54) is 6.20 Å². The number of hydrogen-bond acceptors (Lipinski definition) is 4. The van der Waals surface area contributed by atoms with Crippen molar-refractivity contribution in [2.45, 2.75) is 6.18 Å². The third kappa shape index (κ3) is 3.09. The molecular formula is C15H9F3N4O2. The molecule has 1 aromatic carbocycles. The fourth-order valence-corrected chi connectivity index (χ4v) is 1.99. The summed E-state index contributed by atoms with van der Waals surface area (Å²) in [5, 5.41) is 12.5. The van der Waals surface area contributed by atoms with Crippen LogP contribution in [-0.2, 0) is 6.18 Å². The van der Waals surface area contributed by atoms with E-state index in [1.54, 1.807) is 30.3 Å². The van der Waals surface area contributed by atoms with Gasteiger partial charge in [-0.25, -0.2) is 19.4 Å². The molecule has 1 N–H and O–H groups in total. The predicted octanol–water partition coefficient (Wildman–Crippen LogP) is 3.05. The second-order valence-corrected chi connectivity index (χ2v) is 4.75. The second-order valence-electron chi connectivity index (χ2n) is 4.75. The Morgan fingerprint density at radius 3 is 2.38 bits per heavy atom. The fourth-order valence-electron chi connectivity index (χ4n) is 1.99. The number of carboxylic acids is 1. The number of nitrogens with zero attached hydrogens (tertiary/aromatic N) is 4. The topological polar surface area (TPSA) is 80.9 Å². The van der Waals surface area contributed by atoms with Crippen LogP contribution in [0.3, 0.4) is 0 Å². The van der Waals surface area contributed by atoms with Gasteiger partial charge in [-0.15, -0.1) is 0 Å². The quantitative estimate of drug-likeness (QED) is 0.796. The molecule has 9 heteroatoms. The molecule has 24 heavy (non-hydrogen) atoms. The van der Waals surface area contributed by atoms with Crippen LogP contribution in [0.2, 0.25) is 0 Å². The Labute approximate surface area is 133 Å². The molecule has 3 aromatic rings. The number of rotatable bonds is 3. The number of halogens is 3. The van der Waals surface area contributed by atoms with Gasteiger partial charge >= 0.3 is 12.1 Å². The molecule has 122 valence electrons. The highest BCUT2D eigenvalue weighted by atomic mass is 19.4. The first kappa shape index (κ1) is 15.7.